The topological polar surface area (TPSA) is 59.0 Å². The van der Waals surface area contributed by atoms with Crippen molar-refractivity contribution in [3.63, 3.8) is 0 Å². The van der Waals surface area contributed by atoms with E-state index in [0.29, 0.717) is 28.3 Å². The van der Waals surface area contributed by atoms with Crippen molar-refractivity contribution in [3.05, 3.63) is 144 Å². The fourth-order valence-electron chi connectivity index (χ4n) is 5.12. The van der Waals surface area contributed by atoms with Crippen LogP contribution in [0.15, 0.2) is 133 Å². The van der Waals surface area contributed by atoms with Crippen LogP contribution >= 0.6 is 0 Å². The van der Waals surface area contributed by atoms with Gasteiger partial charge in [-0.25, -0.2) is 0 Å². The van der Waals surface area contributed by atoms with Crippen LogP contribution in [0.5, 0.6) is 5.75 Å². The molecule has 1 spiro atoms. The number of rotatable bonds is 5. The number of carbonyl (C=O) groups is 2. The second-order valence-electron chi connectivity index (χ2n) is 9.13. The monoisotopic (exact) mass is 496 g/mol. The number of methoxy groups -OCH3 is 1. The third-order valence-electron chi connectivity index (χ3n) is 6.98. The number of hydrogen-bond acceptors (Lipinski definition) is 4. The van der Waals surface area contributed by atoms with E-state index in [-0.39, 0.29) is 5.78 Å². The van der Waals surface area contributed by atoms with Gasteiger partial charge in [0, 0.05) is 0 Å². The van der Waals surface area contributed by atoms with Crippen molar-refractivity contribution in [2.75, 3.05) is 12.1 Å². The van der Waals surface area contributed by atoms with Crippen molar-refractivity contribution in [2.24, 2.45) is 10.5 Å². The lowest BCUT2D eigenvalue weighted by atomic mass is 9.65. The van der Waals surface area contributed by atoms with E-state index in [1.807, 2.05) is 121 Å². The first-order chi connectivity index (χ1) is 18.6. The maximum absolute atomic E-state index is 14.5. The molecule has 5 heteroatoms. The van der Waals surface area contributed by atoms with Crippen LogP contribution in [0.3, 0.4) is 0 Å². The van der Waals surface area contributed by atoms with Gasteiger partial charge in [-0.05, 0) is 76.4 Å². The molecule has 5 nitrogen and oxygen atoms in total. The lowest BCUT2D eigenvalue weighted by molar-refractivity contribution is -0.129. The average molecular weight is 497 g/mol. The Hall–Kier alpha value is -5.03. The zero-order chi connectivity index (χ0) is 26.1. The van der Waals surface area contributed by atoms with Crippen molar-refractivity contribution >= 4 is 34.2 Å². The average Bonchev–Trinajstić information content (AvgIpc) is 3.29. The quantitative estimate of drug-likeness (QED) is 0.310. The van der Waals surface area contributed by atoms with Crippen LogP contribution in [0.4, 0.5) is 5.69 Å². The van der Waals surface area contributed by atoms with Gasteiger partial charge in [-0.3, -0.25) is 9.59 Å². The second-order valence-corrected chi connectivity index (χ2v) is 9.13. The number of hydrogen-bond donors (Lipinski definition) is 0. The van der Waals surface area contributed by atoms with E-state index in [2.05, 4.69) is 0 Å². The number of anilines is 1. The first-order valence-corrected chi connectivity index (χ1v) is 12.3. The summed E-state index contributed by atoms with van der Waals surface area (Å²) in [5.41, 5.74) is 3.04. The highest BCUT2D eigenvalue weighted by Gasteiger charge is 2.60. The van der Waals surface area contributed by atoms with Crippen molar-refractivity contribution in [3.8, 4) is 5.75 Å². The summed E-state index contributed by atoms with van der Waals surface area (Å²) < 4.78 is 5.35. The normalized spacial score (nSPS) is 18.8. The predicted octanol–water partition coefficient (Wildman–Crippen LogP) is 6.18. The summed E-state index contributed by atoms with van der Waals surface area (Å²) in [4.78, 5) is 28.9. The lowest BCUT2D eigenvalue weighted by Crippen LogP contribution is -2.48. The largest absolute Gasteiger partial charge is 0.497 e. The Kier molecular flexibility index (Phi) is 5.81. The molecule has 0 N–H and O–H groups in total. The summed E-state index contributed by atoms with van der Waals surface area (Å²) in [5.74, 6) is -0.0543. The van der Waals surface area contributed by atoms with Gasteiger partial charge in [0.05, 0.1) is 18.5 Å². The Morgan fingerprint density at radius 2 is 1.24 bits per heavy atom. The third kappa shape index (κ3) is 3.68. The number of ether oxygens (including phenoxy) is 1. The Morgan fingerprint density at radius 1 is 0.658 bits per heavy atom. The minimum absolute atomic E-state index is 0.323. The highest BCUT2D eigenvalue weighted by Crippen LogP contribution is 2.50. The number of amides is 1. The summed E-state index contributed by atoms with van der Waals surface area (Å²) in [6, 6.07) is 35.8. The number of allylic oxidation sites excluding steroid dienone is 3. The molecular formula is C33H24N2O3. The molecule has 4 aromatic carbocycles. The van der Waals surface area contributed by atoms with Gasteiger partial charge >= 0.3 is 0 Å². The molecule has 1 heterocycles. The van der Waals surface area contributed by atoms with E-state index in [0.717, 1.165) is 16.7 Å². The van der Waals surface area contributed by atoms with E-state index in [1.54, 1.807) is 13.2 Å². The SMILES string of the molecule is COc1ccc(C2=NN(c3ccccc3)C(=O)[C@]23C(=O)C=C(c2ccccc2)C=C3c2ccccc2)cc1. The number of nitrogens with zero attached hydrogens (tertiary/aromatic N) is 2. The number of para-hydroxylation sites is 1. The van der Waals surface area contributed by atoms with Gasteiger partial charge in [0.25, 0.3) is 5.91 Å². The molecule has 0 radical (unpaired) electrons. The Bertz CT molecular complexity index is 1610. The molecule has 0 bridgehead atoms. The summed E-state index contributed by atoms with van der Waals surface area (Å²) in [5, 5.41) is 6.19. The first kappa shape index (κ1) is 23.4. The van der Waals surface area contributed by atoms with Gasteiger partial charge in [0.2, 0.25) is 0 Å². The molecule has 1 aliphatic carbocycles. The maximum atomic E-state index is 14.5. The number of benzene rings is 4. The number of ketones is 1. The van der Waals surface area contributed by atoms with Crippen LogP contribution in [0, 0.1) is 5.41 Å². The van der Waals surface area contributed by atoms with Crippen molar-refractivity contribution in [1.82, 2.24) is 0 Å². The van der Waals surface area contributed by atoms with Crippen LogP contribution in [0.25, 0.3) is 11.1 Å². The molecule has 2 aliphatic rings. The van der Waals surface area contributed by atoms with Gasteiger partial charge in [-0.2, -0.15) is 10.1 Å². The number of carbonyl (C=O) groups excluding carboxylic acids is 2. The van der Waals surface area contributed by atoms with Crippen molar-refractivity contribution < 1.29 is 14.3 Å². The zero-order valence-electron chi connectivity index (χ0n) is 20.7. The Balaban J connectivity index is 1.62. The molecule has 0 saturated heterocycles. The van der Waals surface area contributed by atoms with Crippen LogP contribution in [-0.4, -0.2) is 24.5 Å². The van der Waals surface area contributed by atoms with Crippen molar-refractivity contribution in [2.45, 2.75) is 0 Å². The number of hydrazone groups is 1. The Morgan fingerprint density at radius 3 is 1.84 bits per heavy atom. The summed E-state index contributed by atoms with van der Waals surface area (Å²) >= 11 is 0. The smallest absolute Gasteiger partial charge is 0.272 e. The molecule has 6 rings (SSSR count). The molecule has 1 aliphatic heterocycles. The summed E-state index contributed by atoms with van der Waals surface area (Å²) in [7, 11) is 1.60. The first-order valence-electron chi connectivity index (χ1n) is 12.3. The van der Waals surface area contributed by atoms with Crippen LogP contribution in [-0.2, 0) is 9.59 Å². The van der Waals surface area contributed by atoms with E-state index in [1.165, 1.54) is 5.01 Å². The molecular weight excluding hydrogens is 472 g/mol. The fourth-order valence-corrected chi connectivity index (χ4v) is 5.12. The minimum Gasteiger partial charge on any atom is -0.497 e. The van der Waals surface area contributed by atoms with Gasteiger partial charge in [-0.15, -0.1) is 0 Å². The molecule has 0 aromatic heterocycles. The third-order valence-corrected chi connectivity index (χ3v) is 6.98. The van der Waals surface area contributed by atoms with Gasteiger partial charge < -0.3 is 4.74 Å². The highest BCUT2D eigenvalue weighted by atomic mass is 16.5. The zero-order valence-corrected chi connectivity index (χ0v) is 20.7. The van der Waals surface area contributed by atoms with E-state index in [4.69, 9.17) is 9.84 Å². The second kappa shape index (κ2) is 9.45. The van der Waals surface area contributed by atoms with Gasteiger partial charge in [0.15, 0.2) is 11.2 Å². The summed E-state index contributed by atoms with van der Waals surface area (Å²) in [6.45, 7) is 0. The molecule has 0 unspecified atom stereocenters. The van der Waals surface area contributed by atoms with Gasteiger partial charge in [-0.1, -0.05) is 78.9 Å². The highest BCUT2D eigenvalue weighted by molar-refractivity contribution is 6.45. The lowest BCUT2D eigenvalue weighted by Gasteiger charge is -2.33. The van der Waals surface area contributed by atoms with Crippen LogP contribution in [0.1, 0.15) is 16.7 Å². The molecule has 4 aromatic rings. The fraction of sp³-hybridized carbons (Fsp3) is 0.0606. The standard InChI is InChI=1S/C33H24N2O3/c1-38-28-19-17-25(18-20-28)31-33(32(37)35(34-31)27-15-9-4-10-16-27)29(24-13-7-3-8-14-24)21-26(22-30(33)36)23-11-5-2-6-12-23/h2-22H,1H3/t33-/m1/s1. The van der Waals surface area contributed by atoms with Gasteiger partial charge in [0.1, 0.15) is 5.75 Å². The van der Waals surface area contributed by atoms with Crippen LogP contribution in [0.2, 0.25) is 0 Å². The van der Waals surface area contributed by atoms with Crippen molar-refractivity contribution in [1.29, 1.82) is 0 Å². The molecule has 0 saturated carbocycles. The maximum Gasteiger partial charge on any atom is 0.272 e. The van der Waals surface area contributed by atoms with E-state index >= 15 is 0 Å². The molecule has 1 amide bonds. The molecule has 184 valence electrons. The molecule has 1 atom stereocenters. The minimum atomic E-state index is -1.65. The predicted molar refractivity (Wildman–Crippen MR) is 150 cm³/mol. The van der Waals surface area contributed by atoms with E-state index < -0.39 is 11.3 Å². The molecule has 38 heavy (non-hydrogen) atoms. The molecule has 0 fully saturated rings. The Labute approximate surface area is 221 Å². The van der Waals surface area contributed by atoms with Crippen LogP contribution < -0.4 is 9.75 Å². The summed E-state index contributed by atoms with van der Waals surface area (Å²) in [6.07, 6.45) is 3.53. The van der Waals surface area contributed by atoms with E-state index in [9.17, 15) is 9.59 Å².